The van der Waals surface area contributed by atoms with Gasteiger partial charge in [-0.1, -0.05) is 12.1 Å². The zero-order valence-electron chi connectivity index (χ0n) is 26.6. The Morgan fingerprint density at radius 3 is 2.43 bits per heavy atom. The van der Waals surface area contributed by atoms with E-state index < -0.39 is 34.9 Å². The van der Waals surface area contributed by atoms with Crippen LogP contribution in [0.15, 0.2) is 18.2 Å². The van der Waals surface area contributed by atoms with E-state index in [-0.39, 0.29) is 42.8 Å². The van der Waals surface area contributed by atoms with Crippen LogP contribution in [0, 0.1) is 11.8 Å². The fourth-order valence-electron chi connectivity index (χ4n) is 6.24. The molecule has 0 unspecified atom stereocenters. The van der Waals surface area contributed by atoms with E-state index in [0.29, 0.717) is 25.3 Å². The Morgan fingerprint density at radius 2 is 1.79 bits per heavy atom. The number of rotatable bonds is 6. The van der Waals surface area contributed by atoms with Crippen LogP contribution in [0.5, 0.6) is 11.5 Å². The number of amides is 2. The molecule has 4 rings (SSSR count). The third-order valence-electron chi connectivity index (χ3n) is 8.06. The van der Waals surface area contributed by atoms with E-state index in [1.54, 1.807) is 53.6 Å². The topological polar surface area (TPSA) is 113 Å². The lowest BCUT2D eigenvalue weighted by molar-refractivity contribution is -0.189. The molecule has 10 heteroatoms. The molecule has 0 aliphatic carbocycles. The maximum atomic E-state index is 13.8. The SMILES string of the molecule is COc1cccc2c1OC(C)(C)[C@@H]1C[C@H]3CN(C(=O)[C@H](CCC(=O)OC(C)(C)C)NC(=O)OC(C)(C)C)CC[C@H]3O[C@@H]21. The smallest absolute Gasteiger partial charge is 0.408 e. The highest BCUT2D eigenvalue weighted by Gasteiger charge is 2.52. The molecule has 2 fully saturated rings. The van der Waals surface area contributed by atoms with E-state index in [1.165, 1.54) is 0 Å². The van der Waals surface area contributed by atoms with Crippen molar-refractivity contribution in [1.29, 1.82) is 0 Å². The van der Waals surface area contributed by atoms with E-state index in [0.717, 1.165) is 17.7 Å². The Bertz CT molecular complexity index is 1170. The van der Waals surface area contributed by atoms with Crippen LogP contribution >= 0.6 is 0 Å². The number of esters is 1. The highest BCUT2D eigenvalue weighted by atomic mass is 16.6. The largest absolute Gasteiger partial charge is 0.493 e. The van der Waals surface area contributed by atoms with Gasteiger partial charge in [0, 0.05) is 36.9 Å². The van der Waals surface area contributed by atoms with Gasteiger partial charge in [0.1, 0.15) is 22.8 Å². The Hall–Kier alpha value is -3.01. The predicted molar refractivity (Wildman–Crippen MR) is 156 cm³/mol. The van der Waals surface area contributed by atoms with Crippen LogP contribution in [0.4, 0.5) is 4.79 Å². The molecule has 2 saturated heterocycles. The van der Waals surface area contributed by atoms with Gasteiger partial charge in [0.05, 0.1) is 19.3 Å². The molecule has 1 N–H and O–H groups in total. The average molecular weight is 589 g/mol. The molecule has 0 saturated carbocycles. The first-order valence-electron chi connectivity index (χ1n) is 15.0. The predicted octanol–water partition coefficient (Wildman–Crippen LogP) is 5.18. The molecule has 10 nitrogen and oxygen atoms in total. The minimum absolute atomic E-state index is 0.00929. The molecule has 2 amide bonds. The summed E-state index contributed by atoms with van der Waals surface area (Å²) in [5.74, 6) is 0.953. The number of hydrogen-bond donors (Lipinski definition) is 1. The highest BCUT2D eigenvalue weighted by molar-refractivity contribution is 5.86. The van der Waals surface area contributed by atoms with Crippen molar-refractivity contribution >= 4 is 18.0 Å². The van der Waals surface area contributed by atoms with Gasteiger partial charge in [-0.2, -0.15) is 0 Å². The molecule has 0 radical (unpaired) electrons. The van der Waals surface area contributed by atoms with Crippen molar-refractivity contribution in [2.75, 3.05) is 20.2 Å². The minimum atomic E-state index is -0.921. The van der Waals surface area contributed by atoms with Crippen LogP contribution in [-0.4, -0.2) is 72.0 Å². The van der Waals surface area contributed by atoms with Crippen LogP contribution in [0.3, 0.4) is 0 Å². The molecule has 1 aromatic carbocycles. The number of ether oxygens (including phenoxy) is 5. The Kier molecular flexibility index (Phi) is 9.07. The summed E-state index contributed by atoms with van der Waals surface area (Å²) >= 11 is 0. The van der Waals surface area contributed by atoms with Crippen LogP contribution in [0.1, 0.15) is 92.7 Å². The molecule has 0 bridgehead atoms. The number of hydrogen-bond acceptors (Lipinski definition) is 8. The van der Waals surface area contributed by atoms with E-state index in [9.17, 15) is 14.4 Å². The van der Waals surface area contributed by atoms with Gasteiger partial charge in [0.25, 0.3) is 0 Å². The van der Waals surface area contributed by atoms with Crippen molar-refractivity contribution in [2.24, 2.45) is 11.8 Å². The lowest BCUT2D eigenvalue weighted by Gasteiger charge is -2.53. The number of nitrogens with zero attached hydrogens (tertiary/aromatic N) is 1. The Balaban J connectivity index is 1.48. The number of methoxy groups -OCH3 is 1. The molecule has 3 heterocycles. The van der Waals surface area contributed by atoms with Crippen molar-refractivity contribution in [3.8, 4) is 11.5 Å². The van der Waals surface area contributed by atoms with Gasteiger partial charge in [0.2, 0.25) is 5.91 Å². The van der Waals surface area contributed by atoms with Crippen molar-refractivity contribution in [3.05, 3.63) is 23.8 Å². The highest BCUT2D eigenvalue weighted by Crippen LogP contribution is 2.55. The number of likely N-dealkylation sites (tertiary alicyclic amines) is 1. The lowest BCUT2D eigenvalue weighted by atomic mass is 9.70. The summed E-state index contributed by atoms with van der Waals surface area (Å²) in [5.41, 5.74) is -0.871. The van der Waals surface area contributed by atoms with E-state index in [2.05, 4.69) is 19.2 Å². The summed E-state index contributed by atoms with van der Waals surface area (Å²) in [5, 5.41) is 2.72. The number of alkyl carbamates (subject to hydrolysis) is 1. The number of fused-ring (bicyclic) bond motifs is 4. The fourth-order valence-corrected chi connectivity index (χ4v) is 6.24. The van der Waals surface area contributed by atoms with E-state index in [4.69, 9.17) is 23.7 Å². The molecular weight excluding hydrogens is 540 g/mol. The fraction of sp³-hybridized carbons (Fsp3) is 0.719. The van der Waals surface area contributed by atoms with Crippen molar-refractivity contribution in [2.45, 2.75) is 116 Å². The summed E-state index contributed by atoms with van der Waals surface area (Å²) < 4.78 is 29.7. The van der Waals surface area contributed by atoms with Gasteiger partial charge in [-0.05, 0) is 80.7 Å². The first-order valence-corrected chi connectivity index (χ1v) is 15.0. The molecule has 0 aromatic heterocycles. The van der Waals surface area contributed by atoms with Gasteiger partial charge in [-0.15, -0.1) is 0 Å². The quantitative estimate of drug-likeness (QED) is 0.453. The van der Waals surface area contributed by atoms with Gasteiger partial charge in [-0.3, -0.25) is 9.59 Å². The van der Waals surface area contributed by atoms with E-state index >= 15 is 0 Å². The van der Waals surface area contributed by atoms with Gasteiger partial charge >= 0.3 is 12.1 Å². The summed E-state index contributed by atoms with van der Waals surface area (Å²) in [6.45, 7) is 15.8. The second kappa shape index (κ2) is 11.9. The summed E-state index contributed by atoms with van der Waals surface area (Å²) in [6, 6.07) is 4.98. The number of para-hydroxylation sites is 1. The minimum Gasteiger partial charge on any atom is -0.493 e. The first kappa shape index (κ1) is 31.9. The van der Waals surface area contributed by atoms with Crippen LogP contribution in [0.2, 0.25) is 0 Å². The number of carbonyl (C=O) groups excluding carboxylic acids is 3. The van der Waals surface area contributed by atoms with Crippen molar-refractivity contribution in [3.63, 3.8) is 0 Å². The zero-order valence-corrected chi connectivity index (χ0v) is 26.6. The first-order chi connectivity index (χ1) is 19.5. The molecule has 42 heavy (non-hydrogen) atoms. The standard InChI is InChI=1S/C32H48N2O8/c1-30(2,3)40-25(35)14-13-22(33-29(37)42-31(4,5)6)28(36)34-16-15-23-19(18-34)17-21-26(39-23)20-11-10-12-24(38-9)27(20)41-32(21,7)8/h10-12,19,21-23,26H,13-18H2,1-9H3,(H,33,37)/t19-,21+,22-,23+,26-/m0/s1. The second-order valence-corrected chi connectivity index (χ2v) is 14.2. The molecule has 0 spiro atoms. The number of carbonyl (C=O) groups is 3. The third-order valence-corrected chi connectivity index (χ3v) is 8.06. The van der Waals surface area contributed by atoms with Gasteiger partial charge in [0.15, 0.2) is 11.5 Å². The molecular formula is C32H48N2O8. The molecule has 234 valence electrons. The number of benzene rings is 1. The zero-order chi connectivity index (χ0) is 31.0. The summed E-state index contributed by atoms with van der Waals surface area (Å²) in [7, 11) is 1.64. The van der Waals surface area contributed by atoms with Crippen molar-refractivity contribution < 1.29 is 38.1 Å². The Morgan fingerprint density at radius 1 is 1.10 bits per heavy atom. The monoisotopic (exact) mass is 588 g/mol. The molecule has 1 aromatic rings. The summed E-state index contributed by atoms with van der Waals surface area (Å²) in [4.78, 5) is 40.8. The number of piperidine rings is 1. The van der Waals surface area contributed by atoms with Crippen molar-refractivity contribution in [1.82, 2.24) is 10.2 Å². The van der Waals surface area contributed by atoms with E-state index in [1.807, 2.05) is 18.2 Å². The van der Waals surface area contributed by atoms with Gasteiger partial charge < -0.3 is 33.9 Å². The average Bonchev–Trinajstić information content (AvgIpc) is 2.87. The molecule has 3 aliphatic rings. The van der Waals surface area contributed by atoms with Crippen LogP contribution in [0.25, 0.3) is 0 Å². The van der Waals surface area contributed by atoms with Crippen LogP contribution < -0.4 is 14.8 Å². The lowest BCUT2D eigenvalue weighted by Crippen LogP contribution is -2.58. The normalized spacial score (nSPS) is 25.5. The van der Waals surface area contributed by atoms with Crippen LogP contribution in [-0.2, 0) is 23.8 Å². The Labute approximate surface area is 249 Å². The third kappa shape index (κ3) is 7.49. The summed E-state index contributed by atoms with van der Waals surface area (Å²) in [6.07, 6.45) is 0.762. The molecule has 3 aliphatic heterocycles. The maximum Gasteiger partial charge on any atom is 0.408 e. The van der Waals surface area contributed by atoms with Gasteiger partial charge in [-0.25, -0.2) is 4.79 Å². The molecule has 5 atom stereocenters. The second-order valence-electron chi connectivity index (χ2n) is 14.2. The maximum absolute atomic E-state index is 13.8. The number of nitrogens with one attached hydrogen (secondary N) is 1.